The van der Waals surface area contributed by atoms with Gasteiger partial charge >= 0.3 is 5.97 Å². The molecule has 3 aromatic rings. The van der Waals surface area contributed by atoms with Crippen molar-refractivity contribution in [2.24, 2.45) is 11.8 Å². The smallest absolute Gasteiger partial charge is 0.317 e. The summed E-state index contributed by atoms with van der Waals surface area (Å²) in [6.07, 6.45) is 0. The summed E-state index contributed by atoms with van der Waals surface area (Å²) in [6, 6.07) is 17.6. The highest BCUT2D eigenvalue weighted by atomic mass is 16.5. The normalized spacial score (nSPS) is 11.9. The quantitative estimate of drug-likeness (QED) is 0.157. The van der Waals surface area contributed by atoms with Crippen molar-refractivity contribution in [1.82, 2.24) is 0 Å². The lowest BCUT2D eigenvalue weighted by atomic mass is 9.78. The summed E-state index contributed by atoms with van der Waals surface area (Å²) in [5.41, 5.74) is 0.739. The van der Waals surface area contributed by atoms with Crippen LogP contribution in [0.25, 0.3) is 0 Å². The highest BCUT2D eigenvalue weighted by molar-refractivity contribution is 6.55. The van der Waals surface area contributed by atoms with E-state index >= 15 is 0 Å². The molecule has 40 heavy (non-hydrogen) atoms. The zero-order valence-corrected chi connectivity index (χ0v) is 22.3. The van der Waals surface area contributed by atoms with Crippen LogP contribution in [0.3, 0.4) is 0 Å². The van der Waals surface area contributed by atoms with Gasteiger partial charge < -0.3 is 19.5 Å². The van der Waals surface area contributed by atoms with E-state index in [1.807, 2.05) is 0 Å². The number of ketones is 4. The first-order valence-corrected chi connectivity index (χ1v) is 12.0. The minimum absolute atomic E-state index is 0.0245. The van der Waals surface area contributed by atoms with Crippen LogP contribution in [-0.2, 0) is 23.9 Å². The maximum Gasteiger partial charge on any atom is 0.317 e. The van der Waals surface area contributed by atoms with Crippen molar-refractivity contribution in [2.75, 3.05) is 26.6 Å². The largest absolute Gasteiger partial charge is 0.497 e. The van der Waals surface area contributed by atoms with Crippen molar-refractivity contribution in [3.8, 4) is 11.5 Å². The molecule has 0 aliphatic rings. The summed E-state index contributed by atoms with van der Waals surface area (Å²) in [5, 5.41) is 2.33. The predicted molar refractivity (Wildman–Crippen MR) is 143 cm³/mol. The molecule has 1 N–H and O–H groups in total. The maximum absolute atomic E-state index is 13.6. The van der Waals surface area contributed by atoms with E-state index < -0.39 is 46.8 Å². The molecule has 1 amide bonds. The number of rotatable bonds is 12. The zero-order valence-electron chi connectivity index (χ0n) is 22.3. The summed E-state index contributed by atoms with van der Waals surface area (Å²) in [4.78, 5) is 79.9. The molecule has 3 aromatic carbocycles. The molecular weight excluding hydrogens is 518 g/mol. The summed E-state index contributed by atoms with van der Waals surface area (Å²) in [6.45, 7) is 1.77. The van der Waals surface area contributed by atoms with Gasteiger partial charge in [0.2, 0.25) is 17.3 Å². The Morgan fingerprint density at radius 3 is 1.93 bits per heavy atom. The minimum Gasteiger partial charge on any atom is -0.497 e. The Morgan fingerprint density at radius 2 is 1.35 bits per heavy atom. The monoisotopic (exact) mass is 545 g/mol. The third-order valence-electron chi connectivity index (χ3n) is 6.11. The number of aryl methyl sites for hydroxylation is 1. The Balaban J connectivity index is 2.08. The Kier molecular flexibility index (Phi) is 9.64. The van der Waals surface area contributed by atoms with Crippen molar-refractivity contribution in [3.63, 3.8) is 0 Å². The number of nitrogens with one attached hydrogen (secondary N) is 1. The number of hydrogen-bond acceptors (Lipinski definition) is 9. The van der Waals surface area contributed by atoms with Gasteiger partial charge in [-0.3, -0.25) is 28.8 Å². The summed E-state index contributed by atoms with van der Waals surface area (Å²) < 4.78 is 15.1. The lowest BCUT2D eigenvalue weighted by Crippen LogP contribution is -2.47. The van der Waals surface area contributed by atoms with E-state index in [0.29, 0.717) is 5.75 Å². The van der Waals surface area contributed by atoms with Crippen LogP contribution in [0, 0.1) is 18.8 Å². The van der Waals surface area contributed by atoms with Crippen LogP contribution in [0.5, 0.6) is 11.5 Å². The molecule has 0 radical (unpaired) electrons. The molecule has 0 spiro atoms. The highest BCUT2D eigenvalue weighted by Crippen LogP contribution is 2.30. The van der Waals surface area contributed by atoms with Crippen LogP contribution in [-0.4, -0.2) is 56.3 Å². The molecule has 0 unspecified atom stereocenters. The molecule has 2 atom stereocenters. The molecule has 206 valence electrons. The third-order valence-corrected chi connectivity index (χ3v) is 6.11. The number of Topliss-reactive ketones (excluding diaryl/α,β-unsaturated/α-hetero) is 4. The number of hydrogen-bond donors (Lipinski definition) is 1. The number of carbonyl (C=O) groups excluding carboxylic acids is 6. The lowest BCUT2D eigenvalue weighted by Gasteiger charge is -2.22. The number of carbonyl (C=O) groups is 6. The number of ether oxygens (including phenoxy) is 3. The Bertz CT molecular complexity index is 1450. The SMILES string of the molecule is COC(=O)[C@@H](C(=O)c1ccccc1)[C@@H](C(=O)C(=O)Nc1ccc(OC)cc1OC)C(=O)C(=O)c1ccc(C)cc1. The predicted octanol–water partition coefficient (Wildman–Crippen LogP) is 3.26. The first kappa shape index (κ1) is 29.4. The number of methoxy groups -OCH3 is 3. The van der Waals surface area contributed by atoms with Gasteiger partial charge in [-0.1, -0.05) is 60.2 Å². The Labute approximate surface area is 230 Å². The highest BCUT2D eigenvalue weighted by Gasteiger charge is 2.49. The van der Waals surface area contributed by atoms with Gasteiger partial charge in [-0.05, 0) is 19.1 Å². The van der Waals surface area contributed by atoms with Crippen molar-refractivity contribution in [1.29, 1.82) is 0 Å². The van der Waals surface area contributed by atoms with E-state index in [1.54, 1.807) is 25.1 Å². The fourth-order valence-electron chi connectivity index (χ4n) is 3.94. The molecule has 3 rings (SSSR count). The van der Waals surface area contributed by atoms with Gasteiger partial charge in [0.05, 0.1) is 27.0 Å². The van der Waals surface area contributed by atoms with Crippen LogP contribution in [0.15, 0.2) is 72.8 Å². The van der Waals surface area contributed by atoms with Crippen LogP contribution in [0.2, 0.25) is 0 Å². The molecule has 0 heterocycles. The van der Waals surface area contributed by atoms with Crippen molar-refractivity contribution >= 4 is 40.7 Å². The molecule has 0 saturated carbocycles. The van der Waals surface area contributed by atoms with Crippen LogP contribution < -0.4 is 14.8 Å². The van der Waals surface area contributed by atoms with Gasteiger partial charge in [0, 0.05) is 17.2 Å². The molecule has 10 nitrogen and oxygen atoms in total. The number of amides is 1. The van der Waals surface area contributed by atoms with Crippen molar-refractivity contribution in [3.05, 3.63) is 89.5 Å². The molecule has 0 fully saturated rings. The first-order valence-electron chi connectivity index (χ1n) is 12.0. The van der Waals surface area contributed by atoms with E-state index in [0.717, 1.165) is 12.7 Å². The van der Waals surface area contributed by atoms with Gasteiger partial charge in [0.1, 0.15) is 23.3 Å². The summed E-state index contributed by atoms with van der Waals surface area (Å²) >= 11 is 0. The molecule has 10 heteroatoms. The second-order valence-electron chi connectivity index (χ2n) is 8.65. The molecule has 0 aromatic heterocycles. The van der Waals surface area contributed by atoms with Crippen molar-refractivity contribution < 1.29 is 43.0 Å². The molecule has 0 aliphatic heterocycles. The second-order valence-corrected chi connectivity index (χ2v) is 8.65. The standard InChI is InChI=1S/C30H27NO9/c1-17-10-12-19(13-11-17)26(33)27(34)23(24(30(37)40-4)25(32)18-8-6-5-7-9-18)28(35)29(36)31-21-15-14-20(38-2)16-22(21)39-3/h5-16,23-24H,1-4H3,(H,31,36)/t23-,24-/m1/s1. The van der Waals surface area contributed by atoms with E-state index in [9.17, 15) is 28.8 Å². The van der Waals surface area contributed by atoms with Gasteiger partial charge in [-0.15, -0.1) is 0 Å². The summed E-state index contributed by atoms with van der Waals surface area (Å²) in [7, 11) is 3.71. The van der Waals surface area contributed by atoms with Crippen LogP contribution >= 0.6 is 0 Å². The molecule has 0 saturated heterocycles. The third kappa shape index (κ3) is 6.47. The number of anilines is 1. The van der Waals surface area contributed by atoms with Crippen LogP contribution in [0.4, 0.5) is 5.69 Å². The zero-order chi connectivity index (χ0) is 29.4. The van der Waals surface area contributed by atoms with E-state index in [2.05, 4.69) is 5.32 Å². The van der Waals surface area contributed by atoms with Gasteiger partial charge in [-0.25, -0.2) is 0 Å². The van der Waals surface area contributed by atoms with E-state index in [4.69, 9.17) is 14.2 Å². The topological polar surface area (TPSA) is 142 Å². The molecule has 0 bridgehead atoms. The first-order chi connectivity index (χ1) is 19.1. The fraction of sp³-hybridized carbons (Fsp3) is 0.200. The van der Waals surface area contributed by atoms with Gasteiger partial charge in [0.15, 0.2) is 5.78 Å². The second kappa shape index (κ2) is 13.1. The van der Waals surface area contributed by atoms with Gasteiger partial charge in [-0.2, -0.15) is 0 Å². The average Bonchev–Trinajstić information content (AvgIpc) is 2.99. The number of esters is 1. The van der Waals surface area contributed by atoms with E-state index in [-0.39, 0.29) is 22.6 Å². The molecule has 0 aliphatic carbocycles. The average molecular weight is 546 g/mol. The minimum atomic E-state index is -2.31. The van der Waals surface area contributed by atoms with Gasteiger partial charge in [0.25, 0.3) is 5.91 Å². The lowest BCUT2D eigenvalue weighted by molar-refractivity contribution is -0.151. The number of benzene rings is 3. The van der Waals surface area contributed by atoms with E-state index in [1.165, 1.54) is 68.8 Å². The fourth-order valence-corrected chi connectivity index (χ4v) is 3.94. The Hall–Kier alpha value is -5.12. The maximum atomic E-state index is 13.6. The molecular formula is C30H27NO9. The van der Waals surface area contributed by atoms with Crippen molar-refractivity contribution in [2.45, 2.75) is 6.92 Å². The summed E-state index contributed by atoms with van der Waals surface area (Å²) in [5.74, 6) is -11.5. The Morgan fingerprint density at radius 1 is 0.700 bits per heavy atom. The van der Waals surface area contributed by atoms with Crippen LogP contribution in [0.1, 0.15) is 26.3 Å².